The van der Waals surface area contributed by atoms with Gasteiger partial charge in [0.05, 0.1) is 0 Å². The number of aryl methyl sites for hydroxylation is 1. The monoisotopic (exact) mass is 204 g/mol. The van der Waals surface area contributed by atoms with Crippen LogP contribution in [0.2, 0.25) is 0 Å². The van der Waals surface area contributed by atoms with Gasteiger partial charge in [-0.25, -0.2) is 0 Å². The van der Waals surface area contributed by atoms with Crippen LogP contribution in [0.1, 0.15) is 42.2 Å². The van der Waals surface area contributed by atoms with Gasteiger partial charge in [0.1, 0.15) is 5.69 Å². The molecule has 1 heterocycles. The SMILES string of the molecule is CC(=O)c1cc(CCC2(N)CC2)ccn1. The van der Waals surface area contributed by atoms with Crippen LogP contribution in [0, 0.1) is 0 Å². The maximum atomic E-state index is 11.1. The predicted octanol–water partition coefficient (Wildman–Crippen LogP) is 1.71. The van der Waals surface area contributed by atoms with Crippen LogP contribution in [0.25, 0.3) is 0 Å². The molecule has 15 heavy (non-hydrogen) atoms. The highest BCUT2D eigenvalue weighted by Crippen LogP contribution is 2.36. The van der Waals surface area contributed by atoms with Crippen LogP contribution in [0.3, 0.4) is 0 Å². The predicted molar refractivity (Wildman–Crippen MR) is 58.7 cm³/mol. The van der Waals surface area contributed by atoms with Crippen molar-refractivity contribution in [1.82, 2.24) is 4.98 Å². The van der Waals surface area contributed by atoms with Gasteiger partial charge in [-0.1, -0.05) is 0 Å². The lowest BCUT2D eigenvalue weighted by Gasteiger charge is -2.08. The smallest absolute Gasteiger partial charge is 0.178 e. The van der Waals surface area contributed by atoms with E-state index < -0.39 is 0 Å². The summed E-state index contributed by atoms with van der Waals surface area (Å²) in [6.45, 7) is 1.54. The van der Waals surface area contributed by atoms with Crippen molar-refractivity contribution >= 4 is 5.78 Å². The zero-order chi connectivity index (χ0) is 10.9. The first kappa shape index (κ1) is 10.3. The molecule has 3 heteroatoms. The molecule has 1 aromatic heterocycles. The first-order chi connectivity index (χ1) is 7.09. The number of carbonyl (C=O) groups is 1. The quantitative estimate of drug-likeness (QED) is 0.759. The molecule has 1 aliphatic carbocycles. The Bertz CT molecular complexity index is 383. The van der Waals surface area contributed by atoms with Gasteiger partial charge in [-0.2, -0.15) is 0 Å². The normalized spacial score (nSPS) is 17.5. The van der Waals surface area contributed by atoms with Crippen LogP contribution >= 0.6 is 0 Å². The molecule has 0 spiro atoms. The zero-order valence-electron chi connectivity index (χ0n) is 8.99. The molecule has 0 radical (unpaired) electrons. The van der Waals surface area contributed by atoms with Crippen LogP contribution in [0.5, 0.6) is 0 Å². The lowest BCUT2D eigenvalue weighted by molar-refractivity contribution is 0.101. The van der Waals surface area contributed by atoms with E-state index in [1.54, 1.807) is 6.20 Å². The molecule has 1 aromatic rings. The first-order valence-corrected chi connectivity index (χ1v) is 5.34. The van der Waals surface area contributed by atoms with Crippen LogP contribution in [0.4, 0.5) is 0 Å². The number of ketones is 1. The standard InChI is InChI=1S/C12H16N2O/c1-9(15)11-8-10(3-7-14-11)2-4-12(13)5-6-12/h3,7-8H,2,4-6,13H2,1H3. The fourth-order valence-electron chi connectivity index (χ4n) is 1.63. The lowest BCUT2D eigenvalue weighted by atomic mass is 10.0. The van der Waals surface area contributed by atoms with Crippen molar-refractivity contribution < 1.29 is 4.79 Å². The van der Waals surface area contributed by atoms with Crippen molar-refractivity contribution in [2.24, 2.45) is 5.73 Å². The Balaban J connectivity index is 2.01. The Kier molecular flexibility index (Phi) is 2.57. The van der Waals surface area contributed by atoms with Gasteiger partial charge in [0.25, 0.3) is 0 Å². The molecule has 0 bridgehead atoms. The summed E-state index contributed by atoms with van der Waals surface area (Å²) in [6, 6.07) is 3.83. The van der Waals surface area contributed by atoms with E-state index in [9.17, 15) is 4.79 Å². The summed E-state index contributed by atoms with van der Waals surface area (Å²) in [4.78, 5) is 15.1. The molecule has 1 fully saturated rings. The van der Waals surface area contributed by atoms with Crippen molar-refractivity contribution in [2.75, 3.05) is 0 Å². The molecule has 0 aliphatic heterocycles. The van der Waals surface area contributed by atoms with Gasteiger partial charge in [-0.3, -0.25) is 9.78 Å². The molecule has 3 nitrogen and oxygen atoms in total. The number of hydrogen-bond donors (Lipinski definition) is 1. The second kappa shape index (κ2) is 3.74. The molecule has 0 amide bonds. The molecular formula is C12H16N2O. The highest BCUT2D eigenvalue weighted by molar-refractivity contribution is 5.92. The van der Waals surface area contributed by atoms with Crippen LogP contribution in [-0.4, -0.2) is 16.3 Å². The minimum absolute atomic E-state index is 0.0192. The summed E-state index contributed by atoms with van der Waals surface area (Å²) < 4.78 is 0. The number of pyridine rings is 1. The van der Waals surface area contributed by atoms with E-state index in [4.69, 9.17) is 5.73 Å². The summed E-state index contributed by atoms with van der Waals surface area (Å²) in [7, 11) is 0. The molecule has 2 N–H and O–H groups in total. The van der Waals surface area contributed by atoms with Crippen molar-refractivity contribution in [3.05, 3.63) is 29.6 Å². The van der Waals surface area contributed by atoms with E-state index in [1.807, 2.05) is 12.1 Å². The van der Waals surface area contributed by atoms with Gasteiger partial charge in [0.2, 0.25) is 0 Å². The van der Waals surface area contributed by atoms with Gasteiger partial charge in [-0.15, -0.1) is 0 Å². The summed E-state index contributed by atoms with van der Waals surface area (Å²) in [5, 5.41) is 0. The van der Waals surface area contributed by atoms with Crippen molar-refractivity contribution in [1.29, 1.82) is 0 Å². The first-order valence-electron chi connectivity index (χ1n) is 5.34. The summed E-state index contributed by atoms with van der Waals surface area (Å²) in [5.41, 5.74) is 7.80. The fraction of sp³-hybridized carbons (Fsp3) is 0.500. The van der Waals surface area contributed by atoms with Gasteiger partial charge >= 0.3 is 0 Å². The Morgan fingerprint density at radius 3 is 2.93 bits per heavy atom. The van der Waals surface area contributed by atoms with Crippen molar-refractivity contribution in [2.45, 2.75) is 38.1 Å². The molecular weight excluding hydrogens is 188 g/mol. The molecule has 0 aromatic carbocycles. The highest BCUT2D eigenvalue weighted by Gasteiger charge is 2.37. The molecule has 80 valence electrons. The van der Waals surface area contributed by atoms with Crippen LogP contribution < -0.4 is 5.73 Å². The third-order valence-corrected chi connectivity index (χ3v) is 2.99. The van der Waals surface area contributed by atoms with E-state index in [-0.39, 0.29) is 11.3 Å². The fourth-order valence-corrected chi connectivity index (χ4v) is 1.63. The summed E-state index contributed by atoms with van der Waals surface area (Å²) in [6.07, 6.45) is 5.92. The van der Waals surface area contributed by atoms with Crippen LogP contribution in [0.15, 0.2) is 18.3 Å². The van der Waals surface area contributed by atoms with E-state index in [0.717, 1.165) is 31.2 Å². The zero-order valence-corrected chi connectivity index (χ0v) is 8.99. The van der Waals surface area contributed by atoms with Gasteiger partial charge in [-0.05, 0) is 43.4 Å². The Morgan fingerprint density at radius 1 is 1.60 bits per heavy atom. The lowest BCUT2D eigenvalue weighted by Crippen LogP contribution is -2.22. The van der Waals surface area contributed by atoms with Gasteiger partial charge in [0, 0.05) is 18.7 Å². The van der Waals surface area contributed by atoms with Gasteiger partial charge < -0.3 is 5.73 Å². The number of Topliss-reactive ketones (excluding diaryl/α,β-unsaturated/α-hetero) is 1. The average molecular weight is 204 g/mol. The molecule has 1 aliphatic rings. The Morgan fingerprint density at radius 2 is 2.33 bits per heavy atom. The van der Waals surface area contributed by atoms with Crippen molar-refractivity contribution in [3.8, 4) is 0 Å². The Hall–Kier alpha value is -1.22. The van der Waals surface area contributed by atoms with E-state index in [1.165, 1.54) is 6.92 Å². The number of nitrogens with two attached hydrogens (primary N) is 1. The van der Waals surface area contributed by atoms with Crippen LogP contribution in [-0.2, 0) is 6.42 Å². The minimum Gasteiger partial charge on any atom is -0.325 e. The van der Waals surface area contributed by atoms with E-state index in [0.29, 0.717) is 5.69 Å². The molecule has 0 saturated heterocycles. The second-order valence-corrected chi connectivity index (χ2v) is 4.47. The number of hydrogen-bond acceptors (Lipinski definition) is 3. The number of aromatic nitrogens is 1. The minimum atomic E-state index is 0.0192. The van der Waals surface area contributed by atoms with E-state index in [2.05, 4.69) is 4.98 Å². The van der Waals surface area contributed by atoms with Gasteiger partial charge in [0.15, 0.2) is 5.78 Å². The molecule has 2 rings (SSSR count). The second-order valence-electron chi connectivity index (χ2n) is 4.47. The average Bonchev–Trinajstić information content (AvgIpc) is 2.95. The summed E-state index contributed by atoms with van der Waals surface area (Å²) >= 11 is 0. The molecule has 0 unspecified atom stereocenters. The maximum Gasteiger partial charge on any atom is 0.178 e. The molecule has 1 saturated carbocycles. The van der Waals surface area contributed by atoms with Crippen molar-refractivity contribution in [3.63, 3.8) is 0 Å². The maximum absolute atomic E-state index is 11.1. The third kappa shape index (κ3) is 2.63. The number of rotatable bonds is 4. The third-order valence-electron chi connectivity index (χ3n) is 2.99. The number of nitrogens with zero attached hydrogens (tertiary/aromatic N) is 1. The Labute approximate surface area is 89.7 Å². The molecule has 0 atom stereocenters. The van der Waals surface area contributed by atoms with E-state index >= 15 is 0 Å². The highest BCUT2D eigenvalue weighted by atomic mass is 16.1. The summed E-state index contributed by atoms with van der Waals surface area (Å²) in [5.74, 6) is 0.0192. The largest absolute Gasteiger partial charge is 0.325 e. The topological polar surface area (TPSA) is 56.0 Å². The number of carbonyl (C=O) groups excluding carboxylic acids is 1.